The number of aromatic nitrogens is 2. The van der Waals surface area contributed by atoms with E-state index in [1.807, 2.05) is 19.1 Å². The number of methoxy groups -OCH3 is 1. The van der Waals surface area contributed by atoms with E-state index in [4.69, 9.17) is 14.3 Å². The summed E-state index contributed by atoms with van der Waals surface area (Å²) < 4.78 is 10.5. The number of ether oxygens (including phenoxy) is 1. The van der Waals surface area contributed by atoms with E-state index in [0.29, 0.717) is 18.3 Å². The molecule has 1 atom stereocenters. The Bertz CT molecular complexity index is 783. The van der Waals surface area contributed by atoms with Gasteiger partial charge in [0, 0.05) is 19.5 Å². The fourth-order valence-electron chi connectivity index (χ4n) is 3.72. The molecule has 0 amide bonds. The minimum absolute atomic E-state index is 0.273. The summed E-state index contributed by atoms with van der Waals surface area (Å²) in [4.78, 5) is 11.7. The number of aryl methyl sites for hydroxylation is 2. The second-order valence-electron chi connectivity index (χ2n) is 7.52. The lowest BCUT2D eigenvalue weighted by molar-refractivity contribution is 0.251. The third-order valence-corrected chi connectivity index (χ3v) is 5.28. The number of hydrogen-bond acceptors (Lipinski definition) is 6. The van der Waals surface area contributed by atoms with E-state index >= 15 is 0 Å². The minimum atomic E-state index is 0.273. The Morgan fingerprint density at radius 2 is 2.00 bits per heavy atom. The van der Waals surface area contributed by atoms with Gasteiger partial charge < -0.3 is 19.9 Å². The highest BCUT2D eigenvalue weighted by atomic mass is 16.5. The number of benzene rings is 1. The number of nitrogens with one attached hydrogen (secondary N) is 2. The number of likely N-dealkylation sites (tertiary alicyclic amines) is 1. The van der Waals surface area contributed by atoms with Crippen LogP contribution in [-0.4, -0.2) is 60.8 Å². The smallest absolute Gasteiger partial charge is 0.226 e. The van der Waals surface area contributed by atoms with Gasteiger partial charge in [0.1, 0.15) is 5.75 Å². The molecular formula is C22H34N6O2. The molecule has 0 spiro atoms. The molecule has 1 fully saturated rings. The summed E-state index contributed by atoms with van der Waals surface area (Å²) in [6.07, 6.45) is 4.17. The molecule has 2 N–H and O–H groups in total. The van der Waals surface area contributed by atoms with E-state index in [2.05, 4.69) is 44.7 Å². The summed E-state index contributed by atoms with van der Waals surface area (Å²) in [6.45, 7) is 8.50. The van der Waals surface area contributed by atoms with Gasteiger partial charge >= 0.3 is 0 Å². The van der Waals surface area contributed by atoms with Crippen LogP contribution in [0.1, 0.15) is 49.5 Å². The van der Waals surface area contributed by atoms with Crippen molar-refractivity contribution in [2.45, 2.75) is 45.6 Å². The second-order valence-corrected chi connectivity index (χ2v) is 7.52. The van der Waals surface area contributed by atoms with Crippen LogP contribution in [0.2, 0.25) is 0 Å². The van der Waals surface area contributed by atoms with Crippen LogP contribution in [0.4, 0.5) is 0 Å². The summed E-state index contributed by atoms with van der Waals surface area (Å²) in [5.41, 5.74) is 1.28. The molecule has 8 heteroatoms. The highest BCUT2D eigenvalue weighted by Gasteiger charge is 2.23. The normalized spacial score (nSPS) is 15.9. The molecule has 0 aliphatic carbocycles. The van der Waals surface area contributed by atoms with Crippen LogP contribution in [-0.2, 0) is 6.42 Å². The first kappa shape index (κ1) is 22.1. The molecule has 2 aromatic rings. The molecule has 1 aromatic heterocycles. The predicted molar refractivity (Wildman–Crippen MR) is 118 cm³/mol. The molecule has 164 valence electrons. The van der Waals surface area contributed by atoms with E-state index in [9.17, 15) is 0 Å². The summed E-state index contributed by atoms with van der Waals surface area (Å²) in [5, 5.41) is 10.6. The molecule has 3 rings (SSSR count). The van der Waals surface area contributed by atoms with Crippen LogP contribution in [0.25, 0.3) is 0 Å². The third-order valence-electron chi connectivity index (χ3n) is 5.28. The van der Waals surface area contributed by atoms with E-state index in [-0.39, 0.29) is 6.04 Å². The van der Waals surface area contributed by atoms with Gasteiger partial charge in [0.2, 0.25) is 5.89 Å². The number of hydrogen-bond donors (Lipinski definition) is 2. The molecule has 1 unspecified atom stereocenters. The monoisotopic (exact) mass is 414 g/mol. The van der Waals surface area contributed by atoms with Gasteiger partial charge in [-0.25, -0.2) is 0 Å². The highest BCUT2D eigenvalue weighted by Crippen LogP contribution is 2.27. The maximum absolute atomic E-state index is 5.32. The molecule has 1 aliphatic heterocycles. The highest BCUT2D eigenvalue weighted by molar-refractivity contribution is 5.79. The average Bonchev–Trinajstić information content (AvgIpc) is 3.44. The molecular weight excluding hydrogens is 380 g/mol. The first-order valence-corrected chi connectivity index (χ1v) is 10.9. The molecule has 2 heterocycles. The second kappa shape index (κ2) is 11.5. The maximum Gasteiger partial charge on any atom is 0.226 e. The van der Waals surface area contributed by atoms with Crippen LogP contribution in [0, 0.1) is 6.92 Å². The zero-order chi connectivity index (χ0) is 21.2. The summed E-state index contributed by atoms with van der Waals surface area (Å²) in [5.74, 6) is 3.09. The summed E-state index contributed by atoms with van der Waals surface area (Å²) in [7, 11) is 1.70. The van der Waals surface area contributed by atoms with Crippen LogP contribution in [0.15, 0.2) is 33.8 Å². The predicted octanol–water partition coefficient (Wildman–Crippen LogP) is 2.71. The Morgan fingerprint density at radius 3 is 2.63 bits per heavy atom. The maximum atomic E-state index is 5.32. The van der Waals surface area contributed by atoms with E-state index < -0.39 is 0 Å². The van der Waals surface area contributed by atoms with Crippen molar-refractivity contribution in [2.75, 3.05) is 39.8 Å². The zero-order valence-electron chi connectivity index (χ0n) is 18.4. The molecule has 1 saturated heterocycles. The quantitative estimate of drug-likeness (QED) is 0.351. The molecule has 0 saturated carbocycles. The Hall–Kier alpha value is -2.61. The lowest BCUT2D eigenvalue weighted by Crippen LogP contribution is -2.39. The van der Waals surface area contributed by atoms with Crippen molar-refractivity contribution >= 4 is 5.96 Å². The van der Waals surface area contributed by atoms with Gasteiger partial charge in [0.25, 0.3) is 0 Å². The van der Waals surface area contributed by atoms with Gasteiger partial charge in [-0.3, -0.25) is 9.89 Å². The number of rotatable bonds is 10. The Balaban J connectivity index is 1.59. The SMILES string of the molecule is CCNC(=NCC(c1ccc(OC)cc1)N1CCCC1)NCCCc1nc(C)no1. The third kappa shape index (κ3) is 6.45. The molecule has 8 nitrogen and oxygen atoms in total. The lowest BCUT2D eigenvalue weighted by Gasteiger charge is -2.27. The minimum Gasteiger partial charge on any atom is -0.497 e. The standard InChI is InChI=1S/C22H34N6O2/c1-4-23-22(24-13-7-8-21-26-17(2)27-30-21)25-16-20(28-14-5-6-15-28)18-9-11-19(29-3)12-10-18/h9-12,20H,4-8,13-16H2,1-3H3,(H2,23,24,25). The van der Waals surface area contributed by atoms with Crippen molar-refractivity contribution in [2.24, 2.45) is 4.99 Å². The number of guanidine groups is 1. The van der Waals surface area contributed by atoms with Crippen LogP contribution in [0.5, 0.6) is 5.75 Å². The fourth-order valence-corrected chi connectivity index (χ4v) is 3.72. The Morgan fingerprint density at radius 1 is 1.23 bits per heavy atom. The van der Waals surface area contributed by atoms with Gasteiger partial charge in [0.15, 0.2) is 11.8 Å². The topological polar surface area (TPSA) is 87.8 Å². The number of nitrogens with zero attached hydrogens (tertiary/aromatic N) is 4. The summed E-state index contributed by atoms with van der Waals surface area (Å²) >= 11 is 0. The van der Waals surface area contributed by atoms with Crippen molar-refractivity contribution < 1.29 is 9.26 Å². The van der Waals surface area contributed by atoms with E-state index in [1.165, 1.54) is 18.4 Å². The van der Waals surface area contributed by atoms with Crippen molar-refractivity contribution in [3.8, 4) is 5.75 Å². The Kier molecular flexibility index (Phi) is 8.50. The number of aliphatic imine (C=N–C) groups is 1. The first-order chi connectivity index (χ1) is 14.7. The first-order valence-electron chi connectivity index (χ1n) is 10.9. The lowest BCUT2D eigenvalue weighted by atomic mass is 10.1. The van der Waals surface area contributed by atoms with Crippen molar-refractivity contribution in [3.05, 3.63) is 41.5 Å². The van der Waals surface area contributed by atoms with Gasteiger partial charge in [-0.1, -0.05) is 17.3 Å². The molecule has 0 radical (unpaired) electrons. The van der Waals surface area contributed by atoms with Crippen molar-refractivity contribution in [1.29, 1.82) is 0 Å². The van der Waals surface area contributed by atoms with Crippen molar-refractivity contribution in [1.82, 2.24) is 25.7 Å². The van der Waals surface area contributed by atoms with Gasteiger partial charge in [-0.05, 0) is 63.9 Å². The average molecular weight is 415 g/mol. The van der Waals surface area contributed by atoms with E-state index in [0.717, 1.165) is 50.7 Å². The van der Waals surface area contributed by atoms with Crippen LogP contribution in [0.3, 0.4) is 0 Å². The largest absolute Gasteiger partial charge is 0.497 e. The van der Waals surface area contributed by atoms with Gasteiger partial charge in [-0.2, -0.15) is 4.98 Å². The van der Waals surface area contributed by atoms with Crippen LogP contribution >= 0.6 is 0 Å². The molecule has 0 bridgehead atoms. The van der Waals surface area contributed by atoms with Gasteiger partial charge in [0.05, 0.1) is 19.7 Å². The fraction of sp³-hybridized carbons (Fsp3) is 0.591. The molecule has 1 aliphatic rings. The van der Waals surface area contributed by atoms with Crippen LogP contribution < -0.4 is 15.4 Å². The Labute approximate surface area is 179 Å². The molecule has 30 heavy (non-hydrogen) atoms. The molecule has 1 aromatic carbocycles. The summed E-state index contributed by atoms with van der Waals surface area (Å²) in [6, 6.07) is 8.65. The van der Waals surface area contributed by atoms with Crippen molar-refractivity contribution in [3.63, 3.8) is 0 Å². The van der Waals surface area contributed by atoms with E-state index in [1.54, 1.807) is 7.11 Å². The van der Waals surface area contributed by atoms with Gasteiger partial charge in [-0.15, -0.1) is 0 Å². The zero-order valence-corrected chi connectivity index (χ0v) is 18.4.